The Kier molecular flexibility index (Phi) is 2.64. The highest BCUT2D eigenvalue weighted by molar-refractivity contribution is 5.89. The van der Waals surface area contributed by atoms with E-state index in [-0.39, 0.29) is 0 Å². The van der Waals surface area contributed by atoms with Crippen LogP contribution in [0.5, 0.6) is 0 Å². The molecule has 2 heteroatoms. The van der Waals surface area contributed by atoms with Crippen LogP contribution in [0.2, 0.25) is 0 Å². The maximum Gasteiger partial charge on any atom is 0.0488 e. The molecule has 21 heavy (non-hydrogen) atoms. The topological polar surface area (TPSA) is 19.0 Å². The summed E-state index contributed by atoms with van der Waals surface area (Å²) in [5.41, 5.74) is 7.53. The highest BCUT2D eigenvalue weighted by Crippen LogP contribution is 2.37. The molecule has 0 aliphatic carbocycles. The van der Waals surface area contributed by atoms with Crippen molar-refractivity contribution in [2.24, 2.45) is 0 Å². The van der Waals surface area contributed by atoms with Crippen LogP contribution in [0, 0.1) is 0 Å². The number of aromatic nitrogens is 1. The maximum atomic E-state index is 4.31. The van der Waals surface area contributed by atoms with E-state index < -0.39 is 0 Å². The van der Waals surface area contributed by atoms with Crippen LogP contribution in [0.15, 0.2) is 55.2 Å². The van der Waals surface area contributed by atoms with E-state index in [4.69, 9.17) is 0 Å². The van der Waals surface area contributed by atoms with Crippen molar-refractivity contribution in [1.82, 2.24) is 4.98 Å². The van der Waals surface area contributed by atoms with Crippen LogP contribution in [-0.2, 0) is 13.0 Å². The predicted molar refractivity (Wildman–Crippen MR) is 89.3 cm³/mol. The van der Waals surface area contributed by atoms with Gasteiger partial charge in [0.25, 0.3) is 0 Å². The van der Waals surface area contributed by atoms with E-state index in [1.165, 1.54) is 33.3 Å². The van der Waals surface area contributed by atoms with Gasteiger partial charge in [-0.15, -0.1) is 0 Å². The lowest BCUT2D eigenvalue weighted by Crippen LogP contribution is -2.12. The van der Waals surface area contributed by atoms with E-state index in [1.807, 2.05) is 6.20 Å². The average Bonchev–Trinajstić information content (AvgIpc) is 3.11. The summed E-state index contributed by atoms with van der Waals surface area (Å²) in [5.74, 6) is 0. The zero-order chi connectivity index (χ0) is 14.4. The molecule has 0 fully saturated rings. The molecular weight excluding hydrogens is 256 g/mol. The molecule has 0 unspecified atom stereocenters. The highest BCUT2D eigenvalue weighted by Gasteiger charge is 2.23. The zero-order valence-corrected chi connectivity index (χ0v) is 12.2. The van der Waals surface area contributed by atoms with Gasteiger partial charge >= 0.3 is 0 Å². The van der Waals surface area contributed by atoms with Gasteiger partial charge in [-0.1, -0.05) is 25.6 Å². The lowest BCUT2D eigenvalue weighted by Gasteiger charge is -2.19. The van der Waals surface area contributed by atoms with Gasteiger partial charge in [-0.05, 0) is 47.9 Å². The minimum atomic E-state index is 0.911. The normalized spacial score (nSPS) is 14.0. The minimum Gasteiger partial charge on any atom is -0.361 e. The SMILES string of the molecule is C=C1c2cc(CC)ccc2CN1c1ccc2[nH]ccc2c1. The Morgan fingerprint density at radius 2 is 2.05 bits per heavy atom. The third-order valence-electron chi connectivity index (χ3n) is 4.40. The van der Waals surface area contributed by atoms with Crippen molar-refractivity contribution in [3.8, 4) is 0 Å². The molecule has 2 nitrogen and oxygen atoms in total. The number of anilines is 1. The summed E-state index contributed by atoms with van der Waals surface area (Å²) in [6.07, 6.45) is 3.05. The Morgan fingerprint density at radius 1 is 1.14 bits per heavy atom. The summed E-state index contributed by atoms with van der Waals surface area (Å²) in [7, 11) is 0. The molecule has 0 saturated carbocycles. The Hall–Kier alpha value is -2.48. The molecule has 0 saturated heterocycles. The Balaban J connectivity index is 1.75. The second-order valence-corrected chi connectivity index (χ2v) is 5.63. The number of H-pyrrole nitrogens is 1. The quantitative estimate of drug-likeness (QED) is 0.716. The molecule has 1 N–H and O–H groups in total. The first kappa shape index (κ1) is 12.3. The zero-order valence-electron chi connectivity index (χ0n) is 12.2. The number of aryl methyl sites for hydroxylation is 1. The Bertz CT molecular complexity index is 842. The van der Waals surface area contributed by atoms with E-state index in [2.05, 4.69) is 65.9 Å². The number of aromatic amines is 1. The van der Waals surface area contributed by atoms with Crippen LogP contribution in [0.3, 0.4) is 0 Å². The van der Waals surface area contributed by atoms with Gasteiger partial charge in [0.2, 0.25) is 0 Å². The van der Waals surface area contributed by atoms with Crippen LogP contribution >= 0.6 is 0 Å². The molecule has 2 heterocycles. The van der Waals surface area contributed by atoms with Crippen molar-refractivity contribution >= 4 is 22.3 Å². The predicted octanol–water partition coefficient (Wildman–Crippen LogP) is 4.72. The van der Waals surface area contributed by atoms with Gasteiger partial charge in [-0.2, -0.15) is 0 Å². The fourth-order valence-corrected chi connectivity index (χ4v) is 3.12. The van der Waals surface area contributed by atoms with Gasteiger partial charge in [0.1, 0.15) is 0 Å². The number of benzene rings is 2. The standard InChI is InChI=1S/C19H18N2/c1-3-14-4-5-16-12-21(13(2)18(16)10-14)17-6-7-19-15(11-17)8-9-20-19/h4-11,20H,2-3,12H2,1H3. The molecular formula is C19H18N2. The van der Waals surface area contributed by atoms with Gasteiger partial charge < -0.3 is 9.88 Å². The van der Waals surface area contributed by atoms with Crippen LogP contribution in [-0.4, -0.2) is 4.98 Å². The summed E-state index contributed by atoms with van der Waals surface area (Å²) in [4.78, 5) is 5.54. The van der Waals surface area contributed by atoms with E-state index in [0.717, 1.165) is 18.7 Å². The van der Waals surface area contributed by atoms with Gasteiger partial charge in [-0.3, -0.25) is 0 Å². The molecule has 0 atom stereocenters. The summed E-state index contributed by atoms with van der Waals surface area (Å²) in [6.45, 7) is 7.42. The lowest BCUT2D eigenvalue weighted by atomic mass is 10.0. The van der Waals surface area contributed by atoms with Crippen LogP contribution in [0.25, 0.3) is 16.6 Å². The van der Waals surface area contributed by atoms with E-state index in [1.54, 1.807) is 0 Å². The average molecular weight is 274 g/mol. The van der Waals surface area contributed by atoms with E-state index in [9.17, 15) is 0 Å². The monoisotopic (exact) mass is 274 g/mol. The first-order valence-electron chi connectivity index (χ1n) is 7.42. The van der Waals surface area contributed by atoms with Crippen molar-refractivity contribution in [3.05, 3.63) is 71.9 Å². The summed E-state index contributed by atoms with van der Waals surface area (Å²) in [6, 6.07) is 15.4. The Morgan fingerprint density at radius 3 is 2.90 bits per heavy atom. The van der Waals surface area contributed by atoms with Gasteiger partial charge in [0.15, 0.2) is 0 Å². The van der Waals surface area contributed by atoms with Gasteiger partial charge in [-0.25, -0.2) is 0 Å². The summed E-state index contributed by atoms with van der Waals surface area (Å²) < 4.78 is 0. The first-order chi connectivity index (χ1) is 10.3. The molecule has 0 spiro atoms. The third kappa shape index (κ3) is 1.87. The maximum absolute atomic E-state index is 4.31. The first-order valence-corrected chi connectivity index (χ1v) is 7.42. The molecule has 1 aliphatic heterocycles. The molecule has 1 aliphatic rings. The fourth-order valence-electron chi connectivity index (χ4n) is 3.12. The largest absolute Gasteiger partial charge is 0.361 e. The van der Waals surface area contributed by atoms with Crippen molar-refractivity contribution in [3.63, 3.8) is 0 Å². The van der Waals surface area contributed by atoms with Crippen molar-refractivity contribution in [2.45, 2.75) is 19.9 Å². The molecule has 2 aromatic carbocycles. The molecule has 3 aromatic rings. The van der Waals surface area contributed by atoms with Crippen LogP contribution < -0.4 is 4.90 Å². The van der Waals surface area contributed by atoms with Gasteiger partial charge in [0, 0.05) is 40.6 Å². The third-order valence-corrected chi connectivity index (χ3v) is 4.40. The van der Waals surface area contributed by atoms with Crippen molar-refractivity contribution in [2.75, 3.05) is 4.90 Å². The second kappa shape index (κ2) is 4.52. The molecule has 0 bridgehead atoms. The van der Waals surface area contributed by atoms with Crippen LogP contribution in [0.4, 0.5) is 5.69 Å². The van der Waals surface area contributed by atoms with E-state index >= 15 is 0 Å². The van der Waals surface area contributed by atoms with Crippen molar-refractivity contribution < 1.29 is 0 Å². The number of rotatable bonds is 2. The molecule has 0 radical (unpaired) electrons. The molecule has 1 aromatic heterocycles. The van der Waals surface area contributed by atoms with E-state index in [0.29, 0.717) is 0 Å². The Labute approximate surface area is 124 Å². The number of hydrogen-bond acceptors (Lipinski definition) is 1. The van der Waals surface area contributed by atoms with Gasteiger partial charge in [0.05, 0.1) is 0 Å². The summed E-state index contributed by atoms with van der Waals surface area (Å²) >= 11 is 0. The second-order valence-electron chi connectivity index (χ2n) is 5.63. The summed E-state index contributed by atoms with van der Waals surface area (Å²) in [5, 5.41) is 1.24. The molecule has 4 rings (SSSR count). The number of hydrogen-bond donors (Lipinski definition) is 1. The molecule has 0 amide bonds. The van der Waals surface area contributed by atoms with Crippen LogP contribution in [0.1, 0.15) is 23.6 Å². The minimum absolute atomic E-state index is 0.911. The molecule has 104 valence electrons. The number of nitrogens with zero attached hydrogens (tertiary/aromatic N) is 1. The fraction of sp³-hybridized carbons (Fsp3) is 0.158. The lowest BCUT2D eigenvalue weighted by molar-refractivity contribution is 1.04. The number of fused-ring (bicyclic) bond motifs is 2. The van der Waals surface area contributed by atoms with Crippen molar-refractivity contribution in [1.29, 1.82) is 0 Å². The highest BCUT2D eigenvalue weighted by atomic mass is 15.2. The smallest absolute Gasteiger partial charge is 0.0488 e. The number of nitrogens with one attached hydrogen (secondary N) is 1.